The minimum Gasteiger partial charge on any atom is -0.338 e. The van der Waals surface area contributed by atoms with E-state index in [0.29, 0.717) is 22.4 Å². The van der Waals surface area contributed by atoms with Crippen LogP contribution in [-0.4, -0.2) is 47.9 Å². The van der Waals surface area contributed by atoms with E-state index in [0.717, 1.165) is 44.6 Å². The summed E-state index contributed by atoms with van der Waals surface area (Å²) in [4.78, 5) is 17.9. The Hall–Kier alpha value is -1.55. The van der Waals surface area contributed by atoms with Gasteiger partial charge in [-0.25, -0.2) is 0 Å². The average Bonchev–Trinajstić information content (AvgIpc) is 3.24. The lowest BCUT2D eigenvalue weighted by atomic mass is 9.85. The molecule has 0 spiro atoms. The highest BCUT2D eigenvalue weighted by atomic mass is 35.5. The van der Waals surface area contributed by atoms with E-state index in [2.05, 4.69) is 40.1 Å². The van der Waals surface area contributed by atoms with E-state index in [9.17, 15) is 4.79 Å². The molecule has 2 aliphatic heterocycles. The van der Waals surface area contributed by atoms with Crippen molar-refractivity contribution in [3.63, 3.8) is 0 Å². The van der Waals surface area contributed by atoms with Gasteiger partial charge in [0.15, 0.2) is 0 Å². The summed E-state index contributed by atoms with van der Waals surface area (Å²) in [5.41, 5.74) is 2.32. The maximum atomic E-state index is 13.2. The first-order chi connectivity index (χ1) is 14.1. The number of hydrogen-bond donors (Lipinski definition) is 0. The van der Waals surface area contributed by atoms with Gasteiger partial charge in [0.25, 0.3) is 0 Å². The molecule has 2 aromatic carbocycles. The van der Waals surface area contributed by atoms with Crippen LogP contribution >= 0.6 is 23.2 Å². The number of nitrogens with zero attached hydrogens (tertiary/aromatic N) is 2. The van der Waals surface area contributed by atoms with Crippen LogP contribution in [-0.2, 0) is 11.2 Å². The largest absolute Gasteiger partial charge is 0.338 e. The first-order valence-corrected chi connectivity index (χ1v) is 11.4. The van der Waals surface area contributed by atoms with Crippen LogP contribution < -0.4 is 0 Å². The van der Waals surface area contributed by atoms with Crippen LogP contribution in [0.25, 0.3) is 0 Å². The Labute approximate surface area is 183 Å². The van der Waals surface area contributed by atoms with Crippen molar-refractivity contribution in [3.05, 3.63) is 69.7 Å². The SMILES string of the molecule is O=C(Cc1ccc(Cl)c(Cl)c1)N1CCC(c2ccccc2)CC1CN1CCCC1. The molecule has 0 aromatic heterocycles. The van der Waals surface area contributed by atoms with Crippen LogP contribution in [0.15, 0.2) is 48.5 Å². The second kappa shape index (κ2) is 9.51. The topological polar surface area (TPSA) is 23.6 Å². The molecule has 29 heavy (non-hydrogen) atoms. The molecule has 2 saturated heterocycles. The van der Waals surface area contributed by atoms with E-state index in [4.69, 9.17) is 23.2 Å². The monoisotopic (exact) mass is 430 g/mol. The third-order valence-corrected chi connectivity index (χ3v) is 7.05. The van der Waals surface area contributed by atoms with Gasteiger partial charge in [0, 0.05) is 19.1 Å². The Balaban J connectivity index is 1.48. The van der Waals surface area contributed by atoms with E-state index < -0.39 is 0 Å². The van der Waals surface area contributed by atoms with Gasteiger partial charge in [0.05, 0.1) is 16.5 Å². The summed E-state index contributed by atoms with van der Waals surface area (Å²) < 4.78 is 0. The summed E-state index contributed by atoms with van der Waals surface area (Å²) in [5.74, 6) is 0.719. The van der Waals surface area contributed by atoms with Crippen LogP contribution in [0.3, 0.4) is 0 Å². The molecule has 0 aliphatic carbocycles. The molecule has 3 nitrogen and oxygen atoms in total. The fraction of sp³-hybridized carbons (Fsp3) is 0.458. The highest BCUT2D eigenvalue weighted by Crippen LogP contribution is 2.33. The minimum absolute atomic E-state index is 0.194. The van der Waals surface area contributed by atoms with Crippen molar-refractivity contribution < 1.29 is 4.79 Å². The van der Waals surface area contributed by atoms with Gasteiger partial charge in [-0.05, 0) is 68.0 Å². The predicted molar refractivity (Wildman–Crippen MR) is 120 cm³/mol. The second-order valence-corrected chi connectivity index (χ2v) is 9.12. The Morgan fingerprint density at radius 2 is 1.72 bits per heavy atom. The van der Waals surface area contributed by atoms with Crippen molar-refractivity contribution in [3.8, 4) is 0 Å². The maximum Gasteiger partial charge on any atom is 0.227 e. The first kappa shape index (κ1) is 20.7. The minimum atomic E-state index is 0.194. The van der Waals surface area contributed by atoms with Crippen molar-refractivity contribution in [1.29, 1.82) is 0 Å². The standard InChI is InChI=1S/C24H28Cl2N2O/c25-22-9-8-18(14-23(22)26)15-24(29)28-13-10-20(19-6-2-1-3-7-19)16-21(28)17-27-11-4-5-12-27/h1-3,6-9,14,20-21H,4-5,10-13,15-17H2. The van der Waals surface area contributed by atoms with E-state index in [1.165, 1.54) is 18.4 Å². The molecule has 2 aromatic rings. The summed E-state index contributed by atoms with van der Waals surface area (Å²) in [5, 5.41) is 1.03. The number of carbonyl (C=O) groups is 1. The Morgan fingerprint density at radius 3 is 2.45 bits per heavy atom. The van der Waals surface area contributed by atoms with Gasteiger partial charge in [0.1, 0.15) is 0 Å². The molecule has 0 N–H and O–H groups in total. The van der Waals surface area contributed by atoms with Crippen molar-refractivity contribution in [2.45, 2.75) is 44.1 Å². The molecule has 1 amide bonds. The highest BCUT2D eigenvalue weighted by molar-refractivity contribution is 6.42. The average molecular weight is 431 g/mol. The molecular weight excluding hydrogens is 403 g/mol. The fourth-order valence-corrected chi connectivity index (χ4v) is 5.09. The van der Waals surface area contributed by atoms with E-state index >= 15 is 0 Å². The van der Waals surface area contributed by atoms with Gasteiger partial charge in [-0.2, -0.15) is 0 Å². The molecule has 0 saturated carbocycles. The lowest BCUT2D eigenvalue weighted by Gasteiger charge is -2.41. The number of likely N-dealkylation sites (tertiary alicyclic amines) is 2. The summed E-state index contributed by atoms with van der Waals surface area (Å²) in [7, 11) is 0. The summed E-state index contributed by atoms with van der Waals surface area (Å²) in [6.45, 7) is 4.11. The van der Waals surface area contributed by atoms with Crippen molar-refractivity contribution in [1.82, 2.24) is 9.80 Å². The molecular formula is C24H28Cl2N2O. The van der Waals surface area contributed by atoms with Gasteiger partial charge in [-0.1, -0.05) is 59.6 Å². The van der Waals surface area contributed by atoms with Crippen LogP contribution in [0.2, 0.25) is 10.0 Å². The molecule has 5 heteroatoms. The smallest absolute Gasteiger partial charge is 0.227 e. The quantitative estimate of drug-likeness (QED) is 0.632. The molecule has 154 valence electrons. The molecule has 0 radical (unpaired) electrons. The number of amides is 1. The van der Waals surface area contributed by atoms with E-state index in [1.807, 2.05) is 12.1 Å². The van der Waals surface area contributed by atoms with E-state index in [-0.39, 0.29) is 11.9 Å². The van der Waals surface area contributed by atoms with E-state index in [1.54, 1.807) is 6.07 Å². The van der Waals surface area contributed by atoms with Gasteiger partial charge in [-0.3, -0.25) is 4.79 Å². The molecule has 0 bridgehead atoms. The third kappa shape index (κ3) is 5.14. The van der Waals surface area contributed by atoms with Gasteiger partial charge >= 0.3 is 0 Å². The summed E-state index contributed by atoms with van der Waals surface area (Å²) in [6.07, 6.45) is 4.97. The zero-order valence-corrected chi connectivity index (χ0v) is 18.2. The second-order valence-electron chi connectivity index (χ2n) is 8.31. The lowest BCUT2D eigenvalue weighted by molar-refractivity contribution is -0.134. The molecule has 2 unspecified atom stereocenters. The fourth-order valence-electron chi connectivity index (χ4n) is 4.77. The van der Waals surface area contributed by atoms with Crippen LogP contribution in [0, 0.1) is 0 Å². The number of hydrogen-bond acceptors (Lipinski definition) is 2. The Bertz CT molecular complexity index is 836. The summed E-state index contributed by atoms with van der Waals surface area (Å²) >= 11 is 12.2. The number of benzene rings is 2. The van der Waals surface area contributed by atoms with Crippen LogP contribution in [0.5, 0.6) is 0 Å². The number of halogens is 2. The Kier molecular flexibility index (Phi) is 6.79. The zero-order chi connectivity index (χ0) is 20.2. The molecule has 2 aliphatic rings. The predicted octanol–water partition coefficient (Wildman–Crippen LogP) is 5.41. The van der Waals surface area contributed by atoms with Gasteiger partial charge < -0.3 is 9.80 Å². The molecule has 2 atom stereocenters. The van der Waals surface area contributed by atoms with Crippen LogP contribution in [0.1, 0.15) is 42.7 Å². The maximum absolute atomic E-state index is 13.2. The molecule has 2 heterocycles. The third-order valence-electron chi connectivity index (χ3n) is 6.31. The normalized spacial score (nSPS) is 22.8. The zero-order valence-electron chi connectivity index (χ0n) is 16.7. The van der Waals surface area contributed by atoms with Gasteiger partial charge in [0.2, 0.25) is 5.91 Å². The molecule has 4 rings (SSSR count). The first-order valence-electron chi connectivity index (χ1n) is 10.6. The molecule has 2 fully saturated rings. The number of carbonyl (C=O) groups excluding carboxylic acids is 1. The van der Waals surface area contributed by atoms with Crippen molar-refractivity contribution >= 4 is 29.1 Å². The van der Waals surface area contributed by atoms with Gasteiger partial charge in [-0.15, -0.1) is 0 Å². The lowest BCUT2D eigenvalue weighted by Crippen LogP contribution is -2.51. The highest BCUT2D eigenvalue weighted by Gasteiger charge is 2.33. The number of piperidine rings is 1. The summed E-state index contributed by atoms with van der Waals surface area (Å²) in [6, 6.07) is 16.5. The van der Waals surface area contributed by atoms with Crippen LogP contribution in [0.4, 0.5) is 0 Å². The van der Waals surface area contributed by atoms with Crippen molar-refractivity contribution in [2.75, 3.05) is 26.2 Å². The number of rotatable bonds is 5. The van der Waals surface area contributed by atoms with Crippen molar-refractivity contribution in [2.24, 2.45) is 0 Å². The Morgan fingerprint density at radius 1 is 0.966 bits per heavy atom.